The lowest BCUT2D eigenvalue weighted by Crippen LogP contribution is -2.03. The fraction of sp³-hybridized carbons (Fsp3) is 0.125. The average molecular weight is 204 g/mol. The van der Waals surface area contributed by atoms with E-state index in [4.69, 9.17) is 10.2 Å². The van der Waals surface area contributed by atoms with Gasteiger partial charge in [0.1, 0.15) is 17.1 Å². The molecule has 0 unspecified atom stereocenters. The Morgan fingerprint density at radius 2 is 2.07 bits per heavy atom. The van der Waals surface area contributed by atoms with Gasteiger partial charge in [0.05, 0.1) is 0 Å². The first-order valence-electron chi connectivity index (χ1n) is 3.52. The molecule has 0 saturated heterocycles. The molecule has 0 spiro atoms. The molecule has 0 radical (unpaired) electrons. The van der Waals surface area contributed by atoms with E-state index in [1.807, 2.05) is 0 Å². The molecule has 6 heteroatoms. The molecule has 0 aliphatic rings. The van der Waals surface area contributed by atoms with Gasteiger partial charge in [0.15, 0.2) is 0 Å². The Hall–Kier alpha value is -1.85. The van der Waals surface area contributed by atoms with Gasteiger partial charge in [-0.25, -0.2) is 4.79 Å². The summed E-state index contributed by atoms with van der Waals surface area (Å²) in [6.45, 7) is -3.01. The SMILES string of the molecule is O=C(O)c1ccc(OC(F)F)cc1O. The van der Waals surface area contributed by atoms with Crippen molar-refractivity contribution < 1.29 is 28.5 Å². The van der Waals surface area contributed by atoms with Gasteiger partial charge >= 0.3 is 12.6 Å². The van der Waals surface area contributed by atoms with Crippen LogP contribution in [-0.4, -0.2) is 22.8 Å². The summed E-state index contributed by atoms with van der Waals surface area (Å²) in [5.74, 6) is -2.25. The van der Waals surface area contributed by atoms with E-state index < -0.39 is 18.3 Å². The molecule has 0 aromatic heterocycles. The number of alkyl halides is 2. The van der Waals surface area contributed by atoms with Crippen LogP contribution in [0.1, 0.15) is 10.4 Å². The Kier molecular flexibility index (Phi) is 2.85. The van der Waals surface area contributed by atoms with Gasteiger partial charge in [0, 0.05) is 6.07 Å². The summed E-state index contributed by atoms with van der Waals surface area (Å²) in [4.78, 5) is 10.4. The number of rotatable bonds is 3. The minimum atomic E-state index is -3.01. The maximum absolute atomic E-state index is 11.7. The number of carboxylic acids is 1. The van der Waals surface area contributed by atoms with Crippen LogP contribution in [0.15, 0.2) is 18.2 Å². The Labute approximate surface area is 77.4 Å². The molecule has 0 bridgehead atoms. The van der Waals surface area contributed by atoms with Gasteiger partial charge in [0.2, 0.25) is 0 Å². The molecular weight excluding hydrogens is 198 g/mol. The number of aromatic carboxylic acids is 1. The highest BCUT2D eigenvalue weighted by Gasteiger charge is 2.11. The monoisotopic (exact) mass is 204 g/mol. The summed E-state index contributed by atoms with van der Waals surface area (Å²) in [6, 6.07) is 2.83. The third-order valence-electron chi connectivity index (χ3n) is 1.42. The van der Waals surface area contributed by atoms with E-state index >= 15 is 0 Å². The van der Waals surface area contributed by atoms with E-state index in [-0.39, 0.29) is 11.3 Å². The van der Waals surface area contributed by atoms with Crippen molar-refractivity contribution in [3.05, 3.63) is 23.8 Å². The number of carbonyl (C=O) groups is 1. The van der Waals surface area contributed by atoms with Crippen molar-refractivity contribution in [2.75, 3.05) is 0 Å². The average Bonchev–Trinajstić information content (AvgIpc) is 2.01. The van der Waals surface area contributed by atoms with Crippen LogP contribution in [0.5, 0.6) is 11.5 Å². The second-order valence-corrected chi connectivity index (χ2v) is 2.36. The van der Waals surface area contributed by atoms with E-state index in [9.17, 15) is 13.6 Å². The number of benzene rings is 1. The topological polar surface area (TPSA) is 66.8 Å². The molecule has 14 heavy (non-hydrogen) atoms. The summed E-state index contributed by atoms with van der Waals surface area (Å²) in [7, 11) is 0. The van der Waals surface area contributed by atoms with Crippen molar-refractivity contribution in [3.63, 3.8) is 0 Å². The summed E-state index contributed by atoms with van der Waals surface area (Å²) in [5, 5.41) is 17.6. The number of carboxylic acid groups (broad SMARTS) is 1. The van der Waals surface area contributed by atoms with Crippen molar-refractivity contribution in [1.82, 2.24) is 0 Å². The van der Waals surface area contributed by atoms with Gasteiger partial charge in [-0.3, -0.25) is 0 Å². The number of phenols is 1. The normalized spacial score (nSPS) is 10.2. The van der Waals surface area contributed by atoms with Crippen LogP contribution in [0.4, 0.5) is 8.78 Å². The van der Waals surface area contributed by atoms with E-state index in [0.29, 0.717) is 0 Å². The summed E-state index contributed by atoms with van der Waals surface area (Å²) >= 11 is 0. The molecule has 0 aliphatic carbocycles. The lowest BCUT2D eigenvalue weighted by Gasteiger charge is -2.05. The summed E-state index contributed by atoms with van der Waals surface area (Å²) < 4.78 is 27.3. The third kappa shape index (κ3) is 2.32. The molecule has 0 amide bonds. The second-order valence-electron chi connectivity index (χ2n) is 2.36. The van der Waals surface area contributed by atoms with Gasteiger partial charge in [-0.05, 0) is 12.1 Å². The minimum absolute atomic E-state index is 0.289. The molecule has 1 aromatic rings. The Morgan fingerprint density at radius 3 is 2.50 bits per heavy atom. The minimum Gasteiger partial charge on any atom is -0.507 e. The number of hydrogen-bond acceptors (Lipinski definition) is 3. The highest BCUT2D eigenvalue weighted by Crippen LogP contribution is 2.24. The largest absolute Gasteiger partial charge is 0.507 e. The zero-order valence-electron chi connectivity index (χ0n) is 6.78. The smallest absolute Gasteiger partial charge is 0.387 e. The first-order valence-corrected chi connectivity index (χ1v) is 3.52. The predicted octanol–water partition coefficient (Wildman–Crippen LogP) is 1.69. The van der Waals surface area contributed by atoms with Crippen molar-refractivity contribution >= 4 is 5.97 Å². The van der Waals surface area contributed by atoms with Crippen LogP contribution < -0.4 is 4.74 Å². The van der Waals surface area contributed by atoms with Crippen LogP contribution >= 0.6 is 0 Å². The Morgan fingerprint density at radius 1 is 1.43 bits per heavy atom. The van der Waals surface area contributed by atoms with Gasteiger partial charge in [-0.15, -0.1) is 0 Å². The van der Waals surface area contributed by atoms with Crippen LogP contribution in [0.25, 0.3) is 0 Å². The molecule has 0 atom stereocenters. The predicted molar refractivity (Wildman–Crippen MR) is 41.7 cm³/mol. The molecule has 2 N–H and O–H groups in total. The first-order chi connectivity index (χ1) is 6.50. The number of hydrogen-bond donors (Lipinski definition) is 2. The molecular formula is C8H6F2O4. The fourth-order valence-electron chi connectivity index (χ4n) is 0.868. The van der Waals surface area contributed by atoms with Crippen LogP contribution in [0.2, 0.25) is 0 Å². The maximum Gasteiger partial charge on any atom is 0.387 e. The van der Waals surface area contributed by atoms with Gasteiger partial charge in [-0.1, -0.05) is 0 Å². The quantitative estimate of drug-likeness (QED) is 0.786. The van der Waals surface area contributed by atoms with Crippen LogP contribution in [0.3, 0.4) is 0 Å². The van der Waals surface area contributed by atoms with E-state index in [2.05, 4.69) is 4.74 Å². The van der Waals surface area contributed by atoms with Crippen molar-refractivity contribution in [2.24, 2.45) is 0 Å². The Balaban J connectivity index is 2.94. The zero-order valence-corrected chi connectivity index (χ0v) is 6.78. The van der Waals surface area contributed by atoms with Gasteiger partial charge < -0.3 is 14.9 Å². The molecule has 76 valence electrons. The van der Waals surface area contributed by atoms with Crippen molar-refractivity contribution in [1.29, 1.82) is 0 Å². The van der Waals surface area contributed by atoms with E-state index in [1.165, 1.54) is 0 Å². The molecule has 0 aliphatic heterocycles. The van der Waals surface area contributed by atoms with Gasteiger partial charge in [0.25, 0.3) is 0 Å². The van der Waals surface area contributed by atoms with Crippen molar-refractivity contribution in [2.45, 2.75) is 6.61 Å². The fourth-order valence-corrected chi connectivity index (χ4v) is 0.868. The summed E-state index contributed by atoms with van der Waals surface area (Å²) in [6.07, 6.45) is 0. The molecule has 1 aromatic carbocycles. The zero-order chi connectivity index (χ0) is 10.7. The van der Waals surface area contributed by atoms with E-state index in [0.717, 1.165) is 18.2 Å². The second kappa shape index (κ2) is 3.91. The summed E-state index contributed by atoms with van der Waals surface area (Å²) in [5.41, 5.74) is -0.369. The molecule has 0 saturated carbocycles. The first kappa shape index (κ1) is 10.2. The lowest BCUT2D eigenvalue weighted by molar-refractivity contribution is -0.0499. The molecule has 4 nitrogen and oxygen atoms in total. The van der Waals surface area contributed by atoms with Gasteiger partial charge in [-0.2, -0.15) is 8.78 Å². The molecule has 0 heterocycles. The molecule has 0 fully saturated rings. The number of halogens is 2. The third-order valence-corrected chi connectivity index (χ3v) is 1.42. The number of aromatic hydroxyl groups is 1. The highest BCUT2D eigenvalue weighted by molar-refractivity contribution is 5.90. The van der Waals surface area contributed by atoms with Crippen molar-refractivity contribution in [3.8, 4) is 11.5 Å². The molecule has 1 rings (SSSR count). The van der Waals surface area contributed by atoms with E-state index in [1.54, 1.807) is 0 Å². The highest BCUT2D eigenvalue weighted by atomic mass is 19.3. The standard InChI is InChI=1S/C8H6F2O4/c9-8(10)14-4-1-2-5(7(12)13)6(11)3-4/h1-3,8,11H,(H,12,13). The maximum atomic E-state index is 11.7. The van der Waals surface area contributed by atoms with Crippen LogP contribution in [-0.2, 0) is 0 Å². The number of ether oxygens (including phenoxy) is 1. The Bertz CT molecular complexity index is 351. The lowest BCUT2D eigenvalue weighted by atomic mass is 10.2. The van der Waals surface area contributed by atoms with Crippen LogP contribution in [0, 0.1) is 0 Å².